The molecule has 28 heavy (non-hydrogen) atoms. The molecule has 1 amide bonds. The second-order valence-corrected chi connectivity index (χ2v) is 9.25. The second-order valence-electron chi connectivity index (χ2n) is 6.87. The number of benzene rings is 2. The Kier molecular flexibility index (Phi) is 6.72. The molecule has 0 radical (unpaired) electrons. The average molecular weight is 422 g/mol. The Morgan fingerprint density at radius 2 is 1.71 bits per heavy atom. The highest BCUT2D eigenvalue weighted by Gasteiger charge is 2.29. The van der Waals surface area contributed by atoms with E-state index in [1.165, 1.54) is 10.4 Å². The highest BCUT2D eigenvalue weighted by molar-refractivity contribution is 7.89. The first kappa shape index (κ1) is 20.8. The number of likely N-dealkylation sites (N-methyl/N-ethyl adjacent to an activating group) is 1. The van der Waals surface area contributed by atoms with Crippen LogP contribution in [0.25, 0.3) is 0 Å². The zero-order valence-electron chi connectivity index (χ0n) is 15.8. The lowest BCUT2D eigenvalue weighted by Gasteiger charge is -2.34. The topological polar surface area (TPSA) is 60.9 Å². The number of halogens is 1. The fraction of sp³-hybridized carbons (Fsp3) is 0.350. The number of hydrogen-bond acceptors (Lipinski definition) is 4. The normalized spacial score (nSPS) is 16.1. The lowest BCUT2D eigenvalue weighted by Crippen LogP contribution is -2.51. The molecule has 0 bridgehead atoms. The van der Waals surface area contributed by atoms with E-state index in [-0.39, 0.29) is 17.3 Å². The zero-order chi connectivity index (χ0) is 20.1. The van der Waals surface area contributed by atoms with Crippen LogP contribution < -0.4 is 0 Å². The van der Waals surface area contributed by atoms with Crippen molar-refractivity contribution in [2.75, 3.05) is 39.8 Å². The first-order valence-corrected chi connectivity index (χ1v) is 10.9. The van der Waals surface area contributed by atoms with E-state index in [1.54, 1.807) is 30.1 Å². The summed E-state index contributed by atoms with van der Waals surface area (Å²) in [4.78, 5) is 16.4. The first-order chi connectivity index (χ1) is 13.4. The largest absolute Gasteiger partial charge is 0.340 e. The fourth-order valence-electron chi connectivity index (χ4n) is 3.16. The van der Waals surface area contributed by atoms with E-state index in [2.05, 4.69) is 0 Å². The maximum atomic E-state index is 12.8. The maximum Gasteiger partial charge on any atom is 0.243 e. The number of sulfonamides is 1. The van der Waals surface area contributed by atoms with Crippen molar-refractivity contribution < 1.29 is 13.2 Å². The molecule has 2 aromatic rings. The van der Waals surface area contributed by atoms with Crippen molar-refractivity contribution in [2.24, 2.45) is 0 Å². The van der Waals surface area contributed by atoms with Gasteiger partial charge in [-0.05, 0) is 23.8 Å². The maximum absolute atomic E-state index is 12.8. The molecular weight excluding hydrogens is 398 g/mol. The van der Waals surface area contributed by atoms with Crippen molar-refractivity contribution in [1.29, 1.82) is 0 Å². The highest BCUT2D eigenvalue weighted by atomic mass is 35.5. The Hall–Kier alpha value is -1.93. The minimum Gasteiger partial charge on any atom is -0.340 e. The minimum absolute atomic E-state index is 0.0231. The van der Waals surface area contributed by atoms with E-state index in [0.29, 0.717) is 37.7 Å². The number of hydrogen-bond donors (Lipinski definition) is 0. The van der Waals surface area contributed by atoms with E-state index in [4.69, 9.17) is 11.6 Å². The molecule has 8 heteroatoms. The predicted molar refractivity (Wildman–Crippen MR) is 110 cm³/mol. The fourth-order valence-corrected chi connectivity index (χ4v) is 4.89. The van der Waals surface area contributed by atoms with E-state index in [0.717, 1.165) is 5.56 Å². The number of rotatable bonds is 6. The van der Waals surface area contributed by atoms with Crippen LogP contribution in [-0.4, -0.2) is 68.2 Å². The van der Waals surface area contributed by atoms with Gasteiger partial charge in [0.1, 0.15) is 0 Å². The summed E-state index contributed by atoms with van der Waals surface area (Å²) in [5.41, 5.74) is 1.08. The zero-order valence-corrected chi connectivity index (χ0v) is 17.4. The van der Waals surface area contributed by atoms with Crippen molar-refractivity contribution >= 4 is 27.5 Å². The van der Waals surface area contributed by atoms with Crippen molar-refractivity contribution in [2.45, 2.75) is 11.4 Å². The smallest absolute Gasteiger partial charge is 0.243 e. The van der Waals surface area contributed by atoms with Crippen LogP contribution in [0.15, 0.2) is 59.5 Å². The molecule has 1 fully saturated rings. The van der Waals surface area contributed by atoms with Gasteiger partial charge in [0, 0.05) is 44.8 Å². The molecule has 0 spiro atoms. The van der Waals surface area contributed by atoms with Crippen LogP contribution in [0.4, 0.5) is 0 Å². The summed E-state index contributed by atoms with van der Waals surface area (Å²) in [6, 6.07) is 16.1. The third-order valence-electron chi connectivity index (χ3n) is 4.81. The molecule has 3 rings (SSSR count). The predicted octanol–water partition coefficient (Wildman–Crippen LogP) is 2.30. The van der Waals surface area contributed by atoms with Gasteiger partial charge in [0.2, 0.25) is 15.9 Å². The van der Waals surface area contributed by atoms with Crippen LogP contribution >= 0.6 is 11.6 Å². The van der Waals surface area contributed by atoms with Gasteiger partial charge in [0.05, 0.1) is 11.4 Å². The summed E-state index contributed by atoms with van der Waals surface area (Å²) < 4.78 is 27.0. The first-order valence-electron chi connectivity index (χ1n) is 9.12. The minimum atomic E-state index is -3.57. The summed E-state index contributed by atoms with van der Waals surface area (Å²) in [6.45, 7) is 2.58. The summed E-state index contributed by atoms with van der Waals surface area (Å²) in [5.74, 6) is 0.0231. The molecule has 0 saturated carbocycles. The molecule has 150 valence electrons. The molecule has 0 N–H and O–H groups in total. The molecule has 1 aliphatic rings. The van der Waals surface area contributed by atoms with E-state index >= 15 is 0 Å². The molecular formula is C20H24ClN3O3S. The number of carbonyl (C=O) groups is 1. The Labute approximate surface area is 171 Å². The van der Waals surface area contributed by atoms with Gasteiger partial charge in [-0.15, -0.1) is 0 Å². The Morgan fingerprint density at radius 1 is 1.04 bits per heavy atom. The molecule has 0 aromatic heterocycles. The number of amides is 1. The molecule has 0 atom stereocenters. The van der Waals surface area contributed by atoms with Crippen molar-refractivity contribution in [1.82, 2.24) is 14.1 Å². The summed E-state index contributed by atoms with van der Waals surface area (Å²) in [7, 11) is -1.78. The van der Waals surface area contributed by atoms with Gasteiger partial charge < -0.3 is 4.90 Å². The Morgan fingerprint density at radius 3 is 2.36 bits per heavy atom. The third kappa shape index (κ3) is 5.11. The summed E-state index contributed by atoms with van der Waals surface area (Å²) in [6.07, 6.45) is 0. The molecule has 2 aromatic carbocycles. The van der Waals surface area contributed by atoms with Crippen LogP contribution in [0.5, 0.6) is 0 Å². The van der Waals surface area contributed by atoms with E-state index in [1.807, 2.05) is 35.2 Å². The number of nitrogens with zero attached hydrogens (tertiary/aromatic N) is 3. The van der Waals surface area contributed by atoms with Crippen molar-refractivity contribution in [3.63, 3.8) is 0 Å². The van der Waals surface area contributed by atoms with E-state index < -0.39 is 10.0 Å². The quantitative estimate of drug-likeness (QED) is 0.718. The molecule has 1 heterocycles. The van der Waals surface area contributed by atoms with Crippen LogP contribution in [-0.2, 0) is 21.4 Å². The van der Waals surface area contributed by atoms with E-state index in [9.17, 15) is 13.2 Å². The SMILES string of the molecule is CN(Cc1ccccc1)C(=O)CN1CCN(S(=O)(=O)c2cccc(Cl)c2)CC1. The van der Waals surface area contributed by atoms with Crippen LogP contribution in [0, 0.1) is 0 Å². The van der Waals surface area contributed by atoms with Gasteiger partial charge >= 0.3 is 0 Å². The molecule has 0 aliphatic carbocycles. The monoisotopic (exact) mass is 421 g/mol. The molecule has 1 saturated heterocycles. The lowest BCUT2D eigenvalue weighted by atomic mass is 10.2. The van der Waals surface area contributed by atoms with Gasteiger partial charge in [0.15, 0.2) is 0 Å². The molecule has 0 unspecified atom stereocenters. The number of carbonyl (C=O) groups excluding carboxylic acids is 1. The van der Waals surface area contributed by atoms with Crippen molar-refractivity contribution in [3.8, 4) is 0 Å². The van der Waals surface area contributed by atoms with Crippen LogP contribution in [0.3, 0.4) is 0 Å². The lowest BCUT2D eigenvalue weighted by molar-refractivity contribution is -0.131. The number of piperazine rings is 1. The Bertz CT molecular complexity index is 913. The standard InChI is InChI=1S/C20H24ClN3O3S/c1-22(15-17-6-3-2-4-7-17)20(25)16-23-10-12-24(13-11-23)28(26,27)19-9-5-8-18(21)14-19/h2-9,14H,10-13,15-16H2,1H3. The summed E-state index contributed by atoms with van der Waals surface area (Å²) in [5, 5.41) is 0.395. The van der Waals surface area contributed by atoms with Crippen LogP contribution in [0.1, 0.15) is 5.56 Å². The highest BCUT2D eigenvalue weighted by Crippen LogP contribution is 2.20. The van der Waals surface area contributed by atoms with Gasteiger partial charge in [0.25, 0.3) is 0 Å². The van der Waals surface area contributed by atoms with Gasteiger partial charge in [-0.25, -0.2) is 8.42 Å². The van der Waals surface area contributed by atoms with Gasteiger partial charge in [-0.1, -0.05) is 48.0 Å². The van der Waals surface area contributed by atoms with Gasteiger partial charge in [-0.3, -0.25) is 9.69 Å². The third-order valence-corrected chi connectivity index (χ3v) is 6.94. The van der Waals surface area contributed by atoms with Crippen LogP contribution in [0.2, 0.25) is 5.02 Å². The molecule has 6 nitrogen and oxygen atoms in total. The Balaban J connectivity index is 1.53. The molecule has 1 aliphatic heterocycles. The van der Waals surface area contributed by atoms with Crippen molar-refractivity contribution in [3.05, 3.63) is 65.2 Å². The van der Waals surface area contributed by atoms with Gasteiger partial charge in [-0.2, -0.15) is 4.31 Å². The summed E-state index contributed by atoms with van der Waals surface area (Å²) >= 11 is 5.92. The second kappa shape index (κ2) is 9.05. The average Bonchev–Trinajstić information content (AvgIpc) is 2.69.